The molecule has 160 valence electrons. The SMILES string of the molecule is CCCOC(=O)C1=C(C)NC2=C(C(=O)[C@@H](C(=O)OC)[C@H](C)C2)[C@@H]1c1ccc(C)cc1. The third kappa shape index (κ3) is 3.91. The van der Waals surface area contributed by atoms with Gasteiger partial charge in [-0.05, 0) is 38.2 Å². The number of rotatable bonds is 5. The van der Waals surface area contributed by atoms with Crippen molar-refractivity contribution < 1.29 is 23.9 Å². The summed E-state index contributed by atoms with van der Waals surface area (Å²) in [5, 5.41) is 3.26. The highest BCUT2D eigenvalue weighted by Gasteiger charge is 2.47. The van der Waals surface area contributed by atoms with Crippen molar-refractivity contribution in [2.75, 3.05) is 13.7 Å². The van der Waals surface area contributed by atoms with Gasteiger partial charge in [-0.1, -0.05) is 43.7 Å². The van der Waals surface area contributed by atoms with E-state index in [2.05, 4.69) is 5.32 Å². The second kappa shape index (κ2) is 8.86. The third-order valence-electron chi connectivity index (χ3n) is 5.81. The number of nitrogens with one attached hydrogen (secondary N) is 1. The van der Waals surface area contributed by atoms with Crippen molar-refractivity contribution in [2.45, 2.75) is 46.5 Å². The highest BCUT2D eigenvalue weighted by Crippen LogP contribution is 2.45. The molecule has 3 rings (SSSR count). The number of aryl methyl sites for hydroxylation is 1. The molecule has 1 aromatic rings. The molecule has 0 aromatic heterocycles. The number of allylic oxidation sites excluding steroid dienone is 3. The summed E-state index contributed by atoms with van der Waals surface area (Å²) in [5.41, 5.74) is 4.22. The highest BCUT2D eigenvalue weighted by molar-refractivity contribution is 6.12. The summed E-state index contributed by atoms with van der Waals surface area (Å²) in [4.78, 5) is 38.9. The van der Waals surface area contributed by atoms with Crippen LogP contribution in [0.4, 0.5) is 0 Å². The van der Waals surface area contributed by atoms with Crippen molar-refractivity contribution in [3.8, 4) is 0 Å². The van der Waals surface area contributed by atoms with E-state index < -0.39 is 23.8 Å². The maximum Gasteiger partial charge on any atom is 0.336 e. The molecule has 3 atom stereocenters. The average molecular weight is 411 g/mol. The first-order chi connectivity index (χ1) is 14.3. The van der Waals surface area contributed by atoms with E-state index in [-0.39, 0.29) is 11.7 Å². The number of hydrogen-bond donors (Lipinski definition) is 1. The Morgan fingerprint density at radius 1 is 1.17 bits per heavy atom. The van der Waals surface area contributed by atoms with E-state index in [0.29, 0.717) is 36.3 Å². The molecule has 0 saturated heterocycles. The van der Waals surface area contributed by atoms with Gasteiger partial charge in [-0.15, -0.1) is 0 Å². The number of ketones is 1. The number of carbonyl (C=O) groups excluding carboxylic acids is 3. The van der Waals surface area contributed by atoms with Gasteiger partial charge in [0.2, 0.25) is 0 Å². The van der Waals surface area contributed by atoms with Gasteiger partial charge in [-0.3, -0.25) is 9.59 Å². The second-order valence-electron chi connectivity index (χ2n) is 8.08. The number of dihydropyridines is 1. The minimum absolute atomic E-state index is 0.198. The molecule has 0 bridgehead atoms. The standard InChI is InChI=1S/C24H29NO5/c1-6-11-30-24(28)19-15(4)25-17-12-14(3)18(23(27)29-5)22(26)21(17)20(19)16-9-7-13(2)8-10-16/h7-10,14,18,20,25H,6,11-12H2,1-5H3/t14-,18+,20-/m1/s1. The molecule has 1 aliphatic carbocycles. The summed E-state index contributed by atoms with van der Waals surface area (Å²) in [6.45, 7) is 7.91. The Labute approximate surface area is 177 Å². The number of methoxy groups -OCH3 is 1. The molecular weight excluding hydrogens is 382 g/mol. The fourth-order valence-electron chi connectivity index (χ4n) is 4.32. The van der Waals surface area contributed by atoms with Crippen LogP contribution in [-0.4, -0.2) is 31.4 Å². The molecule has 1 N–H and O–H groups in total. The molecule has 1 aliphatic heterocycles. The van der Waals surface area contributed by atoms with Crippen molar-refractivity contribution >= 4 is 17.7 Å². The largest absolute Gasteiger partial charge is 0.468 e. The smallest absolute Gasteiger partial charge is 0.336 e. The minimum Gasteiger partial charge on any atom is -0.468 e. The Bertz CT molecular complexity index is 925. The van der Waals surface area contributed by atoms with Gasteiger partial charge in [0.05, 0.1) is 19.3 Å². The summed E-state index contributed by atoms with van der Waals surface area (Å²) in [5.74, 6) is -2.94. The average Bonchev–Trinajstić information content (AvgIpc) is 2.71. The maximum atomic E-state index is 13.5. The van der Waals surface area contributed by atoms with Gasteiger partial charge < -0.3 is 14.8 Å². The number of benzene rings is 1. The Morgan fingerprint density at radius 3 is 2.43 bits per heavy atom. The summed E-state index contributed by atoms with van der Waals surface area (Å²) in [7, 11) is 1.29. The predicted octanol–water partition coefficient (Wildman–Crippen LogP) is 3.56. The van der Waals surface area contributed by atoms with Gasteiger partial charge >= 0.3 is 11.9 Å². The summed E-state index contributed by atoms with van der Waals surface area (Å²) in [6, 6.07) is 7.76. The van der Waals surface area contributed by atoms with Gasteiger partial charge in [-0.2, -0.15) is 0 Å². The fourth-order valence-corrected chi connectivity index (χ4v) is 4.32. The zero-order valence-electron chi connectivity index (χ0n) is 18.2. The Morgan fingerprint density at radius 2 is 1.83 bits per heavy atom. The lowest BCUT2D eigenvalue weighted by atomic mass is 9.69. The number of hydrogen-bond acceptors (Lipinski definition) is 6. The first-order valence-electron chi connectivity index (χ1n) is 10.4. The summed E-state index contributed by atoms with van der Waals surface area (Å²) < 4.78 is 10.4. The highest BCUT2D eigenvalue weighted by atomic mass is 16.5. The van der Waals surface area contributed by atoms with Crippen LogP contribution in [0.2, 0.25) is 0 Å². The van der Waals surface area contributed by atoms with Gasteiger partial charge in [0.1, 0.15) is 5.92 Å². The van der Waals surface area contributed by atoms with Crippen molar-refractivity contribution in [2.24, 2.45) is 11.8 Å². The molecular formula is C24H29NO5. The monoisotopic (exact) mass is 411 g/mol. The number of ether oxygens (including phenoxy) is 2. The molecule has 2 aliphatic rings. The molecule has 6 nitrogen and oxygen atoms in total. The van der Waals surface area contributed by atoms with E-state index in [0.717, 1.165) is 16.8 Å². The molecule has 0 spiro atoms. The minimum atomic E-state index is -0.880. The van der Waals surface area contributed by atoms with Gasteiger partial charge in [0.25, 0.3) is 0 Å². The molecule has 0 unspecified atom stereocenters. The van der Waals surface area contributed by atoms with Crippen LogP contribution in [0.3, 0.4) is 0 Å². The normalized spacial score (nSPS) is 23.6. The summed E-state index contributed by atoms with van der Waals surface area (Å²) >= 11 is 0. The van der Waals surface area contributed by atoms with Crippen LogP contribution in [0.5, 0.6) is 0 Å². The lowest BCUT2D eigenvalue weighted by Crippen LogP contribution is -2.43. The van der Waals surface area contributed by atoms with Crippen molar-refractivity contribution in [3.05, 3.63) is 57.9 Å². The van der Waals surface area contributed by atoms with E-state index in [9.17, 15) is 14.4 Å². The summed E-state index contributed by atoms with van der Waals surface area (Å²) in [6.07, 6.45) is 1.23. The molecule has 0 radical (unpaired) electrons. The zero-order valence-corrected chi connectivity index (χ0v) is 18.2. The van der Waals surface area contributed by atoms with Crippen LogP contribution in [-0.2, 0) is 23.9 Å². The van der Waals surface area contributed by atoms with E-state index >= 15 is 0 Å². The number of Topliss-reactive ketones (excluding diaryl/α,β-unsaturated/α-hetero) is 1. The van der Waals surface area contributed by atoms with Gasteiger partial charge in [0, 0.05) is 22.9 Å². The van der Waals surface area contributed by atoms with Crippen LogP contribution in [0.25, 0.3) is 0 Å². The van der Waals surface area contributed by atoms with Crippen molar-refractivity contribution in [3.63, 3.8) is 0 Å². The van der Waals surface area contributed by atoms with Crippen LogP contribution in [0.15, 0.2) is 46.8 Å². The third-order valence-corrected chi connectivity index (χ3v) is 5.81. The lowest BCUT2D eigenvalue weighted by Gasteiger charge is -2.38. The predicted molar refractivity (Wildman–Crippen MR) is 112 cm³/mol. The molecule has 30 heavy (non-hydrogen) atoms. The van der Waals surface area contributed by atoms with Crippen LogP contribution >= 0.6 is 0 Å². The molecule has 0 saturated carbocycles. The molecule has 0 amide bonds. The van der Waals surface area contributed by atoms with Gasteiger partial charge in [-0.25, -0.2) is 4.79 Å². The van der Waals surface area contributed by atoms with Crippen molar-refractivity contribution in [1.29, 1.82) is 0 Å². The van der Waals surface area contributed by atoms with E-state index in [1.807, 2.05) is 52.0 Å². The number of carbonyl (C=O) groups is 3. The molecule has 6 heteroatoms. The number of esters is 2. The van der Waals surface area contributed by atoms with E-state index in [4.69, 9.17) is 9.47 Å². The maximum absolute atomic E-state index is 13.5. The molecule has 1 heterocycles. The molecule has 1 aromatic carbocycles. The lowest BCUT2D eigenvalue weighted by molar-refractivity contribution is -0.151. The fraction of sp³-hybridized carbons (Fsp3) is 0.458. The first kappa shape index (κ1) is 21.8. The van der Waals surface area contributed by atoms with Crippen LogP contribution < -0.4 is 5.32 Å². The van der Waals surface area contributed by atoms with E-state index in [1.165, 1.54) is 7.11 Å². The Balaban J connectivity index is 2.15. The Kier molecular flexibility index (Phi) is 6.44. The quantitative estimate of drug-likeness (QED) is 0.589. The van der Waals surface area contributed by atoms with Gasteiger partial charge in [0.15, 0.2) is 5.78 Å². The van der Waals surface area contributed by atoms with E-state index in [1.54, 1.807) is 0 Å². The van der Waals surface area contributed by atoms with Crippen molar-refractivity contribution in [1.82, 2.24) is 5.32 Å². The molecule has 0 fully saturated rings. The van der Waals surface area contributed by atoms with Crippen LogP contribution in [0, 0.1) is 18.8 Å². The zero-order chi connectivity index (χ0) is 22.0. The Hall–Kier alpha value is -2.89. The topological polar surface area (TPSA) is 81.7 Å². The first-order valence-corrected chi connectivity index (χ1v) is 10.4. The second-order valence-corrected chi connectivity index (χ2v) is 8.08. The van der Waals surface area contributed by atoms with Crippen LogP contribution in [0.1, 0.15) is 50.7 Å².